The second-order valence-electron chi connectivity index (χ2n) is 7.63. The van der Waals surface area contributed by atoms with Gasteiger partial charge in [-0.25, -0.2) is 0 Å². The van der Waals surface area contributed by atoms with Crippen LogP contribution in [0.1, 0.15) is 0 Å². The number of benzene rings is 3. The van der Waals surface area contributed by atoms with Crippen molar-refractivity contribution in [3.63, 3.8) is 0 Å². The fourth-order valence-corrected chi connectivity index (χ4v) is 8.41. The zero-order chi connectivity index (χ0) is 25.8. The zero-order valence-electron chi connectivity index (χ0n) is 18.0. The maximum atomic E-state index is 14.2. The van der Waals surface area contributed by atoms with Crippen LogP contribution in [0.5, 0.6) is 0 Å². The van der Waals surface area contributed by atoms with Crippen LogP contribution in [0, 0.1) is 0 Å². The maximum absolute atomic E-state index is 14.2. The number of halogens is 8. The summed E-state index contributed by atoms with van der Waals surface area (Å²) in [7, 11) is -5.44. The molecule has 3 rings (SSSR count). The first-order valence-electron chi connectivity index (χ1n) is 10.3. The van der Waals surface area contributed by atoms with Gasteiger partial charge >= 0.3 is 196 Å². The topological polar surface area (TPSA) is 18.5 Å². The Balaban J connectivity index is 2.42. The summed E-state index contributed by atoms with van der Waals surface area (Å²) in [6, 6.07) is 21.2. The third-order valence-corrected chi connectivity index (χ3v) is 10.3. The van der Waals surface area contributed by atoms with E-state index in [0.29, 0.717) is 0 Å². The minimum atomic E-state index is -5.44. The molecule has 0 aliphatic carbocycles. The Morgan fingerprint density at radius 2 is 0.771 bits per heavy atom. The molecule has 11 heteroatoms. The van der Waals surface area contributed by atoms with Gasteiger partial charge in [0.25, 0.3) is 0 Å². The molecule has 0 unspecified atom stereocenters. The van der Waals surface area contributed by atoms with Crippen LogP contribution in [0.3, 0.4) is 0 Å². The van der Waals surface area contributed by atoms with Crippen LogP contribution in [0.25, 0.3) is 0 Å². The zero-order valence-corrected chi connectivity index (χ0v) is 18.9. The van der Waals surface area contributed by atoms with Crippen molar-refractivity contribution in [1.29, 1.82) is 0 Å². The van der Waals surface area contributed by atoms with Crippen molar-refractivity contribution in [1.82, 2.24) is 0 Å². The number of hydrogen-bond donors (Lipinski definition) is 0. The summed E-state index contributed by atoms with van der Waals surface area (Å²) in [5.41, 5.74) is 0. The van der Waals surface area contributed by atoms with Crippen LogP contribution < -0.4 is 15.9 Å². The Morgan fingerprint density at radius 3 is 1.00 bits per heavy atom. The molecule has 0 aliphatic heterocycles. The Labute approximate surface area is 196 Å². The third kappa shape index (κ3) is 5.06. The molecule has 0 atom stereocenters. The van der Waals surface area contributed by atoms with Gasteiger partial charge in [-0.1, -0.05) is 0 Å². The van der Waals surface area contributed by atoms with Gasteiger partial charge in [0.1, 0.15) is 0 Å². The predicted molar refractivity (Wildman–Crippen MR) is 119 cm³/mol. The van der Waals surface area contributed by atoms with Gasteiger partial charge in [-0.2, -0.15) is 0 Å². The van der Waals surface area contributed by atoms with Crippen molar-refractivity contribution in [2.24, 2.45) is 0 Å². The second-order valence-corrected chi connectivity index (χ2v) is 11.6. The molecule has 3 aromatic carbocycles. The molecule has 0 heterocycles. The molecular formula is C24H21F8O2P. The van der Waals surface area contributed by atoms with Crippen molar-refractivity contribution >= 4 is 23.0 Å². The molecule has 2 nitrogen and oxygen atoms in total. The molecule has 0 saturated heterocycles. The SMILES string of the molecule is FC(F)C(F)(F)COP(OCC(F)(F)C(F)F)(c1ccccc1)(c1ccccc1)c1ccccc1. The van der Waals surface area contributed by atoms with Gasteiger partial charge in [0.15, 0.2) is 0 Å². The molecule has 0 spiro atoms. The Hall–Kier alpha value is -2.55. The summed E-state index contributed by atoms with van der Waals surface area (Å²) in [4.78, 5) is 0. The van der Waals surface area contributed by atoms with E-state index in [1.54, 1.807) is 0 Å². The molecule has 0 fully saturated rings. The van der Waals surface area contributed by atoms with Gasteiger partial charge in [0, 0.05) is 0 Å². The summed E-state index contributed by atoms with van der Waals surface area (Å²) in [6.07, 6.45) is -8.29. The first-order valence-corrected chi connectivity index (χ1v) is 12.3. The third-order valence-electron chi connectivity index (χ3n) is 5.32. The van der Waals surface area contributed by atoms with Crippen LogP contribution in [0.2, 0.25) is 0 Å². The van der Waals surface area contributed by atoms with Gasteiger partial charge in [-0.3, -0.25) is 0 Å². The van der Waals surface area contributed by atoms with Gasteiger partial charge in [0.2, 0.25) is 0 Å². The Kier molecular flexibility index (Phi) is 7.89. The van der Waals surface area contributed by atoms with Crippen LogP contribution in [0.4, 0.5) is 35.1 Å². The molecule has 0 N–H and O–H groups in total. The normalized spacial score (nSPS) is 14.2. The molecule has 3 aromatic rings. The van der Waals surface area contributed by atoms with E-state index >= 15 is 0 Å². The molecule has 190 valence electrons. The fourth-order valence-electron chi connectivity index (χ4n) is 3.57. The molecule has 0 aromatic heterocycles. The summed E-state index contributed by atoms with van der Waals surface area (Å²) in [5, 5.41) is -0.150. The molecule has 0 amide bonds. The number of rotatable bonds is 11. The van der Waals surface area contributed by atoms with Crippen LogP contribution in [-0.2, 0) is 9.05 Å². The first-order chi connectivity index (χ1) is 16.5. The van der Waals surface area contributed by atoms with Crippen molar-refractivity contribution in [2.45, 2.75) is 24.7 Å². The summed E-state index contributed by atoms with van der Waals surface area (Å²) >= 11 is 0. The monoisotopic (exact) mass is 524 g/mol. The minimum absolute atomic E-state index is 0.0500. The van der Waals surface area contributed by atoms with E-state index in [9.17, 15) is 35.1 Å². The van der Waals surface area contributed by atoms with E-state index in [1.165, 1.54) is 91.0 Å². The molecule has 0 bridgehead atoms. The van der Waals surface area contributed by atoms with Crippen LogP contribution >= 0.6 is 7.06 Å². The average Bonchev–Trinajstić information content (AvgIpc) is 2.86. The fraction of sp³-hybridized carbons (Fsp3) is 0.250. The van der Waals surface area contributed by atoms with E-state index < -0.39 is 45.0 Å². The summed E-state index contributed by atoms with van der Waals surface area (Å²) in [6.45, 7) is -3.86. The van der Waals surface area contributed by atoms with Gasteiger partial charge < -0.3 is 0 Å². The summed E-state index contributed by atoms with van der Waals surface area (Å²) < 4.78 is 121. The van der Waals surface area contributed by atoms with Crippen LogP contribution in [-0.4, -0.2) is 37.9 Å². The number of alkyl halides is 8. The van der Waals surface area contributed by atoms with Crippen molar-refractivity contribution in [2.75, 3.05) is 13.2 Å². The molecule has 0 aliphatic rings. The molecule has 0 radical (unpaired) electrons. The predicted octanol–water partition coefficient (Wildman–Crippen LogP) is 6.18. The molecule has 0 saturated carbocycles. The Bertz CT molecular complexity index is 955. The standard InChI is InChI=1S/C24H21F8O2P/c25-21(26)23(29,30)16-33-35(18-10-4-1-5-11-18,19-12-6-2-7-13-19,20-14-8-3-9-15-20)34-17-24(31,32)22(27)28/h1-15,21-22H,16-17H2. The average molecular weight is 524 g/mol. The van der Waals surface area contributed by atoms with Crippen molar-refractivity contribution in [3.8, 4) is 0 Å². The van der Waals surface area contributed by atoms with E-state index in [1.807, 2.05) is 0 Å². The van der Waals surface area contributed by atoms with E-state index in [0.717, 1.165) is 0 Å². The quantitative estimate of drug-likeness (QED) is 0.220. The van der Waals surface area contributed by atoms with Crippen LogP contribution in [0.15, 0.2) is 91.0 Å². The first kappa shape index (κ1) is 27.0. The second kappa shape index (κ2) is 10.2. The number of hydrogen-bond acceptors (Lipinski definition) is 2. The van der Waals surface area contributed by atoms with E-state index in [-0.39, 0.29) is 15.9 Å². The summed E-state index contributed by atoms with van der Waals surface area (Å²) in [5.74, 6) is -9.40. The van der Waals surface area contributed by atoms with Gasteiger partial charge in [-0.15, -0.1) is 0 Å². The Morgan fingerprint density at radius 1 is 0.514 bits per heavy atom. The molecular weight excluding hydrogens is 503 g/mol. The van der Waals surface area contributed by atoms with Crippen molar-refractivity contribution < 1.29 is 44.2 Å². The van der Waals surface area contributed by atoms with Gasteiger partial charge in [0.05, 0.1) is 0 Å². The van der Waals surface area contributed by atoms with Crippen molar-refractivity contribution in [3.05, 3.63) is 91.0 Å². The molecule has 35 heavy (non-hydrogen) atoms. The van der Waals surface area contributed by atoms with Gasteiger partial charge in [-0.05, 0) is 0 Å². The van der Waals surface area contributed by atoms with E-state index in [4.69, 9.17) is 9.05 Å². The van der Waals surface area contributed by atoms with E-state index in [2.05, 4.69) is 0 Å².